The van der Waals surface area contributed by atoms with Crippen LogP contribution in [-0.4, -0.2) is 37.6 Å². The Morgan fingerprint density at radius 2 is 2.15 bits per heavy atom. The molecule has 13 heavy (non-hydrogen) atoms. The molecule has 2 atom stereocenters. The van der Waals surface area contributed by atoms with Gasteiger partial charge in [-0.15, -0.1) is 0 Å². The Hall–Kier alpha value is -0.120. The average molecular weight is 188 g/mol. The minimum Gasteiger partial charge on any atom is -0.393 e. The number of ether oxygens (including phenoxy) is 2. The number of methoxy groups -OCH3 is 1. The Labute approximate surface area is 80.0 Å². The van der Waals surface area contributed by atoms with Crippen LogP contribution in [0.5, 0.6) is 0 Å². The lowest BCUT2D eigenvalue weighted by atomic mass is 9.95. The van der Waals surface area contributed by atoms with Crippen LogP contribution in [0.25, 0.3) is 0 Å². The molecule has 0 amide bonds. The third kappa shape index (κ3) is 4.60. The molecule has 0 saturated heterocycles. The maximum absolute atomic E-state index is 9.38. The van der Waals surface area contributed by atoms with Gasteiger partial charge < -0.3 is 14.6 Å². The zero-order valence-electron chi connectivity index (χ0n) is 8.37. The van der Waals surface area contributed by atoms with Gasteiger partial charge in [-0.05, 0) is 32.1 Å². The highest BCUT2D eigenvalue weighted by Gasteiger charge is 2.19. The van der Waals surface area contributed by atoms with Crippen LogP contribution in [0.4, 0.5) is 0 Å². The first-order chi connectivity index (χ1) is 6.33. The van der Waals surface area contributed by atoms with E-state index in [0.29, 0.717) is 0 Å². The van der Waals surface area contributed by atoms with Crippen LogP contribution in [0.3, 0.4) is 0 Å². The van der Waals surface area contributed by atoms with Crippen LogP contribution in [0.1, 0.15) is 32.1 Å². The van der Waals surface area contributed by atoms with Crippen molar-refractivity contribution in [3.63, 3.8) is 0 Å². The van der Waals surface area contributed by atoms with Crippen LogP contribution in [0.15, 0.2) is 0 Å². The molecule has 1 saturated carbocycles. The van der Waals surface area contributed by atoms with Crippen LogP contribution in [-0.2, 0) is 9.47 Å². The van der Waals surface area contributed by atoms with Gasteiger partial charge in [-0.25, -0.2) is 0 Å². The van der Waals surface area contributed by atoms with E-state index in [4.69, 9.17) is 9.47 Å². The molecule has 2 unspecified atom stereocenters. The maximum Gasteiger partial charge on any atom is 0.0599 e. The van der Waals surface area contributed by atoms with Crippen molar-refractivity contribution < 1.29 is 14.6 Å². The van der Waals surface area contributed by atoms with E-state index < -0.39 is 0 Å². The lowest BCUT2D eigenvalue weighted by Gasteiger charge is -2.25. The molecule has 1 fully saturated rings. The van der Waals surface area contributed by atoms with Gasteiger partial charge in [0, 0.05) is 20.3 Å². The number of hydrogen-bond donors (Lipinski definition) is 1. The molecule has 0 radical (unpaired) electrons. The molecule has 0 bridgehead atoms. The highest BCUT2D eigenvalue weighted by molar-refractivity contribution is 4.72. The molecule has 0 aromatic carbocycles. The number of aliphatic hydroxyl groups is 1. The van der Waals surface area contributed by atoms with Crippen LogP contribution < -0.4 is 0 Å². The summed E-state index contributed by atoms with van der Waals surface area (Å²) in [5, 5.41) is 9.38. The van der Waals surface area contributed by atoms with Crippen LogP contribution in [0, 0.1) is 0 Å². The zero-order valence-corrected chi connectivity index (χ0v) is 8.37. The average Bonchev–Trinajstić information content (AvgIpc) is 2.13. The standard InChI is InChI=1S/C10H20O3/c1-12-6-3-7-13-10-5-2-4-9(11)8-10/h9-11H,2-8H2,1H3. The van der Waals surface area contributed by atoms with Crippen molar-refractivity contribution in [2.24, 2.45) is 0 Å². The maximum atomic E-state index is 9.38. The van der Waals surface area contributed by atoms with Gasteiger partial charge in [0.1, 0.15) is 0 Å². The molecule has 0 heterocycles. The summed E-state index contributed by atoms with van der Waals surface area (Å²) in [4.78, 5) is 0. The summed E-state index contributed by atoms with van der Waals surface area (Å²) in [5.74, 6) is 0. The first-order valence-electron chi connectivity index (χ1n) is 5.11. The van der Waals surface area contributed by atoms with Crippen molar-refractivity contribution in [2.75, 3.05) is 20.3 Å². The van der Waals surface area contributed by atoms with E-state index in [-0.39, 0.29) is 12.2 Å². The van der Waals surface area contributed by atoms with Gasteiger partial charge in [0.2, 0.25) is 0 Å². The second-order valence-electron chi connectivity index (χ2n) is 3.66. The van der Waals surface area contributed by atoms with Crippen molar-refractivity contribution in [2.45, 2.75) is 44.3 Å². The predicted molar refractivity (Wildman–Crippen MR) is 50.7 cm³/mol. The Morgan fingerprint density at radius 1 is 1.31 bits per heavy atom. The molecule has 0 spiro atoms. The molecule has 0 aromatic rings. The highest BCUT2D eigenvalue weighted by Crippen LogP contribution is 2.20. The van der Waals surface area contributed by atoms with Crippen LogP contribution in [0.2, 0.25) is 0 Å². The van der Waals surface area contributed by atoms with Crippen molar-refractivity contribution >= 4 is 0 Å². The minimum absolute atomic E-state index is 0.138. The molecule has 1 aliphatic carbocycles. The molecule has 78 valence electrons. The smallest absolute Gasteiger partial charge is 0.0599 e. The summed E-state index contributed by atoms with van der Waals surface area (Å²) in [6.07, 6.45) is 5.04. The second-order valence-corrected chi connectivity index (χ2v) is 3.66. The van der Waals surface area contributed by atoms with Gasteiger partial charge in [0.25, 0.3) is 0 Å². The molecule has 0 aliphatic heterocycles. The lowest BCUT2D eigenvalue weighted by molar-refractivity contribution is -0.0196. The fourth-order valence-electron chi connectivity index (χ4n) is 1.72. The first kappa shape index (κ1) is 11.0. The van der Waals surface area contributed by atoms with Gasteiger partial charge in [0.15, 0.2) is 0 Å². The van der Waals surface area contributed by atoms with E-state index in [9.17, 15) is 5.11 Å². The van der Waals surface area contributed by atoms with E-state index in [0.717, 1.165) is 45.3 Å². The summed E-state index contributed by atoms with van der Waals surface area (Å²) in [7, 11) is 1.70. The van der Waals surface area contributed by atoms with Crippen molar-refractivity contribution in [1.82, 2.24) is 0 Å². The summed E-state index contributed by atoms with van der Waals surface area (Å²) < 4.78 is 10.5. The second kappa shape index (κ2) is 6.35. The van der Waals surface area contributed by atoms with Gasteiger partial charge in [0.05, 0.1) is 12.2 Å². The number of aliphatic hydroxyl groups excluding tert-OH is 1. The molecule has 3 nitrogen and oxygen atoms in total. The fourth-order valence-corrected chi connectivity index (χ4v) is 1.72. The third-order valence-corrected chi connectivity index (χ3v) is 2.44. The summed E-state index contributed by atoms with van der Waals surface area (Å²) in [6.45, 7) is 1.51. The Morgan fingerprint density at radius 3 is 2.85 bits per heavy atom. The largest absolute Gasteiger partial charge is 0.393 e. The van der Waals surface area contributed by atoms with Crippen molar-refractivity contribution in [1.29, 1.82) is 0 Å². The molecule has 1 rings (SSSR count). The summed E-state index contributed by atoms with van der Waals surface area (Å²) >= 11 is 0. The topological polar surface area (TPSA) is 38.7 Å². The molecule has 1 aliphatic rings. The lowest BCUT2D eigenvalue weighted by Crippen LogP contribution is -2.26. The summed E-state index contributed by atoms with van der Waals surface area (Å²) in [5.41, 5.74) is 0. The quantitative estimate of drug-likeness (QED) is 0.662. The van der Waals surface area contributed by atoms with Crippen LogP contribution >= 0.6 is 0 Å². The molecular weight excluding hydrogens is 168 g/mol. The minimum atomic E-state index is -0.138. The zero-order chi connectivity index (χ0) is 9.52. The SMILES string of the molecule is COCCCOC1CCCC(O)C1. The van der Waals surface area contributed by atoms with Gasteiger partial charge in [-0.3, -0.25) is 0 Å². The van der Waals surface area contributed by atoms with Gasteiger partial charge in [-0.2, -0.15) is 0 Å². The molecular formula is C10H20O3. The highest BCUT2D eigenvalue weighted by atomic mass is 16.5. The predicted octanol–water partition coefficient (Wildman–Crippen LogP) is 1.34. The Bertz CT molecular complexity index is 127. The third-order valence-electron chi connectivity index (χ3n) is 2.44. The molecule has 1 N–H and O–H groups in total. The first-order valence-corrected chi connectivity index (χ1v) is 5.11. The summed E-state index contributed by atoms with van der Waals surface area (Å²) in [6, 6.07) is 0. The molecule has 0 aromatic heterocycles. The number of rotatable bonds is 5. The van der Waals surface area contributed by atoms with Crippen molar-refractivity contribution in [3.8, 4) is 0 Å². The molecule has 3 heteroatoms. The van der Waals surface area contributed by atoms with E-state index >= 15 is 0 Å². The van der Waals surface area contributed by atoms with E-state index in [1.54, 1.807) is 7.11 Å². The fraction of sp³-hybridized carbons (Fsp3) is 1.00. The van der Waals surface area contributed by atoms with Gasteiger partial charge >= 0.3 is 0 Å². The van der Waals surface area contributed by atoms with E-state index in [1.165, 1.54) is 0 Å². The Balaban J connectivity index is 2.00. The number of hydrogen-bond acceptors (Lipinski definition) is 3. The monoisotopic (exact) mass is 188 g/mol. The van der Waals surface area contributed by atoms with E-state index in [1.807, 2.05) is 0 Å². The van der Waals surface area contributed by atoms with Crippen molar-refractivity contribution in [3.05, 3.63) is 0 Å². The normalized spacial score (nSPS) is 29.1. The van der Waals surface area contributed by atoms with E-state index in [2.05, 4.69) is 0 Å². The van der Waals surface area contributed by atoms with Gasteiger partial charge in [-0.1, -0.05) is 0 Å². The Kier molecular flexibility index (Phi) is 5.35.